The molecule has 9 heteroatoms. The number of methoxy groups -OCH3 is 1. The maximum Gasteiger partial charge on any atom is 0.261 e. The highest BCUT2D eigenvalue weighted by Crippen LogP contribution is 2.25. The molecule has 1 fully saturated rings. The maximum atomic E-state index is 13.0. The molecule has 0 unspecified atom stereocenters. The van der Waals surface area contributed by atoms with Gasteiger partial charge < -0.3 is 14.8 Å². The van der Waals surface area contributed by atoms with Crippen LogP contribution in [0, 0.1) is 13.8 Å². The Balaban J connectivity index is 1.44. The van der Waals surface area contributed by atoms with Gasteiger partial charge in [-0.3, -0.25) is 14.4 Å². The molecule has 0 bridgehead atoms. The monoisotopic (exact) mass is 523 g/mol. The van der Waals surface area contributed by atoms with Gasteiger partial charge in [-0.2, -0.15) is 0 Å². The minimum Gasteiger partial charge on any atom is -0.497 e. The van der Waals surface area contributed by atoms with Crippen LogP contribution in [0.4, 0.5) is 5.69 Å². The molecule has 1 atom stereocenters. The number of carbonyl (C=O) groups excluding carboxylic acids is 1. The Morgan fingerprint density at radius 1 is 1.00 bits per heavy atom. The number of sulfonamides is 1. The molecule has 3 aromatic carbocycles. The molecule has 1 saturated heterocycles. The Kier molecular flexibility index (Phi) is 8.48. The number of amides is 1. The van der Waals surface area contributed by atoms with Crippen LogP contribution in [0.3, 0.4) is 0 Å². The summed E-state index contributed by atoms with van der Waals surface area (Å²) < 4.78 is 39.2. The highest BCUT2D eigenvalue weighted by molar-refractivity contribution is 7.92. The Labute approximate surface area is 218 Å². The van der Waals surface area contributed by atoms with E-state index in [-0.39, 0.29) is 16.8 Å². The van der Waals surface area contributed by atoms with E-state index in [1.54, 1.807) is 13.2 Å². The molecular weight excluding hydrogens is 490 g/mol. The quantitative estimate of drug-likeness (QED) is 0.441. The van der Waals surface area contributed by atoms with Crippen LogP contribution < -0.4 is 14.8 Å². The minimum absolute atomic E-state index is 0.0276. The average molecular weight is 524 g/mol. The molecule has 3 aromatic rings. The number of carbonyl (C=O) groups is 1. The number of nitrogens with one attached hydrogen (secondary N) is 2. The summed E-state index contributed by atoms with van der Waals surface area (Å²) in [6.07, 6.45) is 0. The Hall–Kier alpha value is -3.40. The number of ether oxygens (including phenoxy) is 2. The fourth-order valence-corrected chi connectivity index (χ4v) is 5.44. The minimum atomic E-state index is -3.79. The van der Waals surface area contributed by atoms with E-state index >= 15 is 0 Å². The molecule has 2 N–H and O–H groups in total. The zero-order chi connectivity index (χ0) is 26.4. The standard InChI is InChI=1S/C28H33N3O5S/c1-20-5-4-6-26(21(20)2)30-37(33,34)25-13-9-23(10-14-25)28(32)29-19-27(31-15-17-36-18-16-31)22-7-11-24(35-3)12-8-22/h4-14,27,30H,15-19H2,1-3H3,(H,29,32)/t27-/m1/s1. The van der Waals surface area contributed by atoms with Crippen LogP contribution in [0.2, 0.25) is 0 Å². The molecule has 0 aromatic heterocycles. The number of benzene rings is 3. The zero-order valence-corrected chi connectivity index (χ0v) is 22.2. The van der Waals surface area contributed by atoms with Crippen molar-refractivity contribution in [2.75, 3.05) is 44.7 Å². The van der Waals surface area contributed by atoms with Crippen LogP contribution in [0.5, 0.6) is 5.75 Å². The fraction of sp³-hybridized carbons (Fsp3) is 0.321. The van der Waals surface area contributed by atoms with Crippen molar-refractivity contribution in [1.82, 2.24) is 10.2 Å². The first-order chi connectivity index (χ1) is 17.8. The maximum absolute atomic E-state index is 13.0. The van der Waals surface area contributed by atoms with E-state index in [1.807, 2.05) is 50.2 Å². The Morgan fingerprint density at radius 3 is 2.32 bits per heavy atom. The molecule has 1 amide bonds. The Bertz CT molecular complexity index is 1320. The van der Waals surface area contributed by atoms with Gasteiger partial charge in [-0.1, -0.05) is 24.3 Å². The number of nitrogens with zero attached hydrogens (tertiary/aromatic N) is 1. The van der Waals surface area contributed by atoms with Gasteiger partial charge in [-0.15, -0.1) is 0 Å². The van der Waals surface area contributed by atoms with Gasteiger partial charge in [-0.25, -0.2) is 8.42 Å². The number of aryl methyl sites for hydroxylation is 1. The SMILES string of the molecule is COc1ccc([C@@H](CNC(=O)c2ccc(S(=O)(=O)Nc3cccc(C)c3C)cc2)N2CCOCC2)cc1. The molecule has 0 aliphatic carbocycles. The van der Waals surface area contributed by atoms with Crippen molar-refractivity contribution in [3.05, 3.63) is 89.0 Å². The fourth-order valence-electron chi connectivity index (χ4n) is 4.32. The average Bonchev–Trinajstić information content (AvgIpc) is 2.92. The van der Waals surface area contributed by atoms with Crippen molar-refractivity contribution in [1.29, 1.82) is 0 Å². The summed E-state index contributed by atoms with van der Waals surface area (Å²) in [6, 6.07) is 19.2. The summed E-state index contributed by atoms with van der Waals surface area (Å²) in [5.41, 5.74) is 3.86. The third-order valence-electron chi connectivity index (χ3n) is 6.72. The van der Waals surface area contributed by atoms with Crippen LogP contribution in [-0.4, -0.2) is 59.2 Å². The third-order valence-corrected chi connectivity index (χ3v) is 8.10. The van der Waals surface area contributed by atoms with Crippen LogP contribution in [0.25, 0.3) is 0 Å². The molecule has 1 aliphatic heterocycles. The van der Waals surface area contributed by atoms with E-state index in [0.717, 1.165) is 35.5 Å². The third kappa shape index (κ3) is 6.49. The Morgan fingerprint density at radius 2 is 1.68 bits per heavy atom. The number of rotatable bonds is 9. The highest BCUT2D eigenvalue weighted by Gasteiger charge is 2.24. The second kappa shape index (κ2) is 11.8. The lowest BCUT2D eigenvalue weighted by Gasteiger charge is -2.35. The van der Waals surface area contributed by atoms with Crippen molar-refractivity contribution in [3.63, 3.8) is 0 Å². The van der Waals surface area contributed by atoms with E-state index in [2.05, 4.69) is 14.9 Å². The lowest BCUT2D eigenvalue weighted by Crippen LogP contribution is -2.43. The second-order valence-electron chi connectivity index (χ2n) is 9.02. The van der Waals surface area contributed by atoms with Crippen LogP contribution >= 0.6 is 0 Å². The van der Waals surface area contributed by atoms with E-state index in [0.29, 0.717) is 31.0 Å². The molecule has 0 radical (unpaired) electrons. The van der Waals surface area contributed by atoms with Crippen molar-refractivity contribution in [2.45, 2.75) is 24.8 Å². The molecule has 4 rings (SSSR count). The summed E-state index contributed by atoms with van der Waals surface area (Å²) in [5.74, 6) is 0.508. The first kappa shape index (κ1) is 26.7. The summed E-state index contributed by atoms with van der Waals surface area (Å²) in [4.78, 5) is 15.3. The smallest absolute Gasteiger partial charge is 0.261 e. The van der Waals surface area contributed by atoms with Crippen LogP contribution in [-0.2, 0) is 14.8 Å². The second-order valence-corrected chi connectivity index (χ2v) is 10.7. The molecule has 0 spiro atoms. The molecule has 37 heavy (non-hydrogen) atoms. The van der Waals surface area contributed by atoms with Gasteiger partial charge in [0, 0.05) is 25.2 Å². The van der Waals surface area contributed by atoms with Crippen molar-refractivity contribution in [2.24, 2.45) is 0 Å². The largest absolute Gasteiger partial charge is 0.497 e. The summed E-state index contributed by atoms with van der Waals surface area (Å²) in [6.45, 7) is 7.04. The summed E-state index contributed by atoms with van der Waals surface area (Å²) in [5, 5.41) is 3.02. The van der Waals surface area contributed by atoms with E-state index in [4.69, 9.17) is 9.47 Å². The van der Waals surface area contributed by atoms with E-state index in [1.165, 1.54) is 24.3 Å². The normalized spacial score (nSPS) is 15.1. The zero-order valence-electron chi connectivity index (χ0n) is 21.4. The van der Waals surface area contributed by atoms with Crippen molar-refractivity contribution >= 4 is 21.6 Å². The molecule has 0 saturated carbocycles. The predicted octanol–water partition coefficient (Wildman–Crippen LogP) is 3.92. The van der Waals surface area contributed by atoms with Gasteiger partial charge in [-0.05, 0) is 73.0 Å². The molecule has 196 valence electrons. The topological polar surface area (TPSA) is 97.0 Å². The highest BCUT2D eigenvalue weighted by atomic mass is 32.2. The summed E-state index contributed by atoms with van der Waals surface area (Å²) >= 11 is 0. The molecular formula is C28H33N3O5S. The first-order valence-corrected chi connectivity index (χ1v) is 13.7. The van der Waals surface area contributed by atoms with Crippen molar-refractivity contribution in [3.8, 4) is 5.75 Å². The number of morpholine rings is 1. The van der Waals surface area contributed by atoms with E-state index < -0.39 is 10.0 Å². The predicted molar refractivity (Wildman–Crippen MR) is 144 cm³/mol. The number of hydrogen-bond acceptors (Lipinski definition) is 6. The molecule has 1 heterocycles. The van der Waals surface area contributed by atoms with Gasteiger partial charge in [0.2, 0.25) is 0 Å². The van der Waals surface area contributed by atoms with E-state index in [9.17, 15) is 13.2 Å². The molecule has 1 aliphatic rings. The lowest BCUT2D eigenvalue weighted by molar-refractivity contribution is 0.0162. The number of hydrogen-bond donors (Lipinski definition) is 2. The van der Waals surface area contributed by atoms with Gasteiger partial charge in [0.05, 0.1) is 36.9 Å². The number of anilines is 1. The van der Waals surface area contributed by atoms with Crippen LogP contribution in [0.1, 0.15) is 33.1 Å². The van der Waals surface area contributed by atoms with Gasteiger partial charge in [0.1, 0.15) is 5.75 Å². The lowest BCUT2D eigenvalue weighted by atomic mass is 10.0. The van der Waals surface area contributed by atoms with Gasteiger partial charge in [0.15, 0.2) is 0 Å². The van der Waals surface area contributed by atoms with Gasteiger partial charge >= 0.3 is 0 Å². The summed E-state index contributed by atoms with van der Waals surface area (Å²) in [7, 11) is -2.16. The van der Waals surface area contributed by atoms with Gasteiger partial charge in [0.25, 0.3) is 15.9 Å². The molecule has 8 nitrogen and oxygen atoms in total. The first-order valence-electron chi connectivity index (χ1n) is 12.2. The van der Waals surface area contributed by atoms with Crippen molar-refractivity contribution < 1.29 is 22.7 Å². The van der Waals surface area contributed by atoms with Crippen LogP contribution in [0.15, 0.2) is 71.6 Å².